The van der Waals surface area contributed by atoms with Crippen LogP contribution in [0.15, 0.2) is 114 Å². The number of nitrogens with zero attached hydrogens (tertiary/aromatic N) is 3. The topological polar surface area (TPSA) is 134 Å². The van der Waals surface area contributed by atoms with E-state index in [4.69, 9.17) is 46.9 Å². The number of hydrogen-bond acceptors (Lipinski definition) is 11. The normalized spacial score (nSPS) is 20.4. The van der Waals surface area contributed by atoms with Crippen LogP contribution in [0.4, 0.5) is 8.78 Å². The highest BCUT2D eigenvalue weighted by Crippen LogP contribution is 2.39. The summed E-state index contributed by atoms with van der Waals surface area (Å²) in [5.41, 5.74) is 3.60. The lowest BCUT2D eigenvalue weighted by molar-refractivity contribution is -0.159. The maximum Gasteiger partial charge on any atom is 0.387 e. The number of benzene rings is 4. The number of fused-ring (bicyclic) bond motifs is 3. The smallest absolute Gasteiger partial charge is 0.387 e. The quantitative estimate of drug-likeness (QED) is 0.0690. The third kappa shape index (κ3) is 12.4. The first-order valence-electron chi connectivity index (χ1n) is 23.8. The fraction of sp³-hybridized carbons (Fsp3) is 0.415. The summed E-state index contributed by atoms with van der Waals surface area (Å²) in [5.74, 6) is -0.338. The fourth-order valence-electron chi connectivity index (χ4n) is 9.57. The minimum absolute atomic E-state index is 0.0379. The minimum Gasteiger partial charge on any atom is -0.489 e. The van der Waals surface area contributed by atoms with E-state index in [2.05, 4.69) is 9.88 Å². The summed E-state index contributed by atoms with van der Waals surface area (Å²) in [4.78, 5) is 33.8. The standard InChI is InChI=1S/C53H55Cl2F2N3O9S/c54-45-29-58-30-46(55)44(45)27-48(40-13-16-47(69-53(56)57)49(26-40)66-33-34-9-10-34)68-52(62)38-19-23-60(24-20-38)70(63,64)42-14-11-35(12-15-42)32-65-41-8-4-7-39(25-41)43(36-5-2-1-3-6-36)28-51(61)67-50-31-59-21-17-37(50)18-22-59/h1-8,11-16,25-26,29-30,34,37-38,43,48,50,53H,9-10,17-24,27-28,31-33H2/t43-,48-,50-/m0/s1. The van der Waals surface area contributed by atoms with Crippen molar-refractivity contribution in [3.05, 3.63) is 147 Å². The molecule has 5 aromatic rings. The van der Waals surface area contributed by atoms with Crippen LogP contribution in [-0.2, 0) is 42.1 Å². The van der Waals surface area contributed by atoms with Crippen molar-refractivity contribution in [1.29, 1.82) is 0 Å². The molecule has 10 rings (SSSR count). The Hall–Kier alpha value is -5.32. The van der Waals surface area contributed by atoms with Crippen molar-refractivity contribution < 1.29 is 50.5 Å². The van der Waals surface area contributed by atoms with Gasteiger partial charge in [0.05, 0.1) is 33.9 Å². The van der Waals surface area contributed by atoms with E-state index >= 15 is 0 Å². The number of halogens is 4. The van der Waals surface area contributed by atoms with Gasteiger partial charge in [-0.15, -0.1) is 0 Å². The third-order valence-electron chi connectivity index (χ3n) is 13.8. The van der Waals surface area contributed by atoms with E-state index in [0.717, 1.165) is 62.0 Å². The van der Waals surface area contributed by atoms with Crippen LogP contribution in [0.25, 0.3) is 0 Å². The van der Waals surface area contributed by atoms with Crippen molar-refractivity contribution in [2.75, 3.05) is 39.3 Å². The van der Waals surface area contributed by atoms with Gasteiger partial charge in [0.25, 0.3) is 0 Å². The summed E-state index contributed by atoms with van der Waals surface area (Å²) >= 11 is 13.0. The number of aromatic nitrogens is 1. The van der Waals surface area contributed by atoms with E-state index in [1.165, 1.54) is 34.9 Å². The molecule has 370 valence electrons. The number of alkyl halides is 2. The van der Waals surface area contributed by atoms with Gasteiger partial charge in [-0.1, -0.05) is 83.9 Å². The summed E-state index contributed by atoms with van der Waals surface area (Å²) < 4.78 is 84.9. The molecule has 5 fully saturated rings. The summed E-state index contributed by atoms with van der Waals surface area (Å²) in [7, 11) is -3.91. The molecule has 1 aromatic heterocycles. The number of piperidine rings is 4. The van der Waals surface area contributed by atoms with E-state index in [1.54, 1.807) is 24.3 Å². The molecule has 0 N–H and O–H groups in total. The second-order valence-electron chi connectivity index (χ2n) is 18.6. The Labute approximate surface area is 417 Å². The highest BCUT2D eigenvalue weighted by atomic mass is 35.5. The van der Waals surface area contributed by atoms with Crippen LogP contribution in [0, 0.1) is 17.8 Å². The van der Waals surface area contributed by atoms with Gasteiger partial charge in [0.2, 0.25) is 10.0 Å². The van der Waals surface area contributed by atoms with Crippen LogP contribution < -0.4 is 14.2 Å². The number of sulfonamides is 1. The number of carbonyl (C=O) groups excluding carboxylic acids is 2. The van der Waals surface area contributed by atoms with Gasteiger partial charge in [-0.3, -0.25) is 19.5 Å². The lowest BCUT2D eigenvalue weighted by atomic mass is 9.85. The lowest BCUT2D eigenvalue weighted by Gasteiger charge is -2.44. The number of pyridine rings is 1. The van der Waals surface area contributed by atoms with Crippen LogP contribution in [0.3, 0.4) is 0 Å². The SMILES string of the molecule is O=C(C[C@@H](c1ccccc1)c1cccc(OCc2ccc(S(=O)(=O)N3CCC(C(=O)O[C@@H](Cc4c(Cl)cncc4Cl)c4ccc(OC(F)F)c(OCC5CC5)c4)CC3)cc2)c1)O[C@H]1CN2CCC1CC2. The zero-order valence-corrected chi connectivity index (χ0v) is 40.8. The van der Waals surface area contributed by atoms with Gasteiger partial charge < -0.3 is 23.7 Å². The van der Waals surface area contributed by atoms with E-state index in [9.17, 15) is 26.8 Å². The maximum absolute atomic E-state index is 13.9. The highest BCUT2D eigenvalue weighted by molar-refractivity contribution is 7.89. The molecule has 0 radical (unpaired) electrons. The van der Waals surface area contributed by atoms with Gasteiger partial charge in [-0.05, 0) is 128 Å². The Kier molecular flexibility index (Phi) is 15.9. The molecule has 1 saturated carbocycles. The average Bonchev–Trinajstić information content (AvgIpc) is 4.21. The van der Waals surface area contributed by atoms with Crippen molar-refractivity contribution in [3.63, 3.8) is 0 Å². The van der Waals surface area contributed by atoms with Gasteiger partial charge in [-0.2, -0.15) is 13.1 Å². The first-order chi connectivity index (χ1) is 33.9. The monoisotopic (exact) mass is 1020 g/mol. The molecule has 5 heterocycles. The summed E-state index contributed by atoms with van der Waals surface area (Å²) in [5, 5.41) is 0.507. The molecule has 0 amide bonds. The number of esters is 2. The second-order valence-corrected chi connectivity index (χ2v) is 21.3. The summed E-state index contributed by atoms with van der Waals surface area (Å²) in [6, 6.07) is 28.5. The van der Waals surface area contributed by atoms with Crippen molar-refractivity contribution in [3.8, 4) is 17.2 Å². The van der Waals surface area contributed by atoms with E-state index in [-0.39, 0.29) is 89.8 Å². The molecule has 0 spiro atoms. The zero-order valence-electron chi connectivity index (χ0n) is 38.5. The Morgan fingerprint density at radius 3 is 2.14 bits per heavy atom. The van der Waals surface area contributed by atoms with E-state index < -0.39 is 34.6 Å². The van der Waals surface area contributed by atoms with Gasteiger partial charge in [0.1, 0.15) is 24.6 Å². The predicted octanol–water partition coefficient (Wildman–Crippen LogP) is 10.4. The molecule has 3 atom stereocenters. The van der Waals surface area contributed by atoms with Crippen LogP contribution >= 0.6 is 23.2 Å². The minimum atomic E-state index is -3.91. The fourth-order valence-corrected chi connectivity index (χ4v) is 11.6. The van der Waals surface area contributed by atoms with E-state index in [0.29, 0.717) is 35.3 Å². The Bertz CT molecular complexity index is 2700. The summed E-state index contributed by atoms with van der Waals surface area (Å²) in [6.45, 7) is 0.520. The highest BCUT2D eigenvalue weighted by Gasteiger charge is 2.38. The Balaban J connectivity index is 0.814. The molecular weight excluding hydrogens is 964 g/mol. The van der Waals surface area contributed by atoms with E-state index in [1.807, 2.05) is 54.6 Å². The molecular formula is C53H55Cl2F2N3O9S. The first-order valence-corrected chi connectivity index (χ1v) is 26.0. The number of ether oxygens (including phenoxy) is 5. The first kappa shape index (κ1) is 49.7. The largest absolute Gasteiger partial charge is 0.489 e. The van der Waals surface area contributed by atoms with Gasteiger partial charge in [0, 0.05) is 44.4 Å². The lowest BCUT2D eigenvalue weighted by Crippen LogP contribution is -2.52. The van der Waals surface area contributed by atoms with Crippen LogP contribution in [0.2, 0.25) is 10.0 Å². The van der Waals surface area contributed by atoms with Crippen molar-refractivity contribution in [2.24, 2.45) is 17.8 Å². The summed E-state index contributed by atoms with van der Waals surface area (Å²) in [6.07, 6.45) is 6.53. The van der Waals surface area contributed by atoms with Crippen molar-refractivity contribution in [1.82, 2.24) is 14.2 Å². The molecule has 4 saturated heterocycles. The zero-order chi connectivity index (χ0) is 48.8. The Morgan fingerprint density at radius 1 is 0.757 bits per heavy atom. The molecule has 12 nitrogen and oxygen atoms in total. The third-order valence-corrected chi connectivity index (χ3v) is 16.4. The van der Waals surface area contributed by atoms with Gasteiger partial charge in [0.15, 0.2) is 11.5 Å². The second kappa shape index (κ2) is 22.4. The molecule has 4 aliphatic heterocycles. The Morgan fingerprint density at radius 2 is 1.47 bits per heavy atom. The van der Waals surface area contributed by atoms with Crippen molar-refractivity contribution in [2.45, 2.75) is 87.6 Å². The molecule has 17 heteroatoms. The van der Waals surface area contributed by atoms with Crippen LogP contribution in [-0.4, -0.2) is 86.6 Å². The number of carbonyl (C=O) groups is 2. The predicted molar refractivity (Wildman–Crippen MR) is 259 cm³/mol. The van der Waals surface area contributed by atoms with Crippen molar-refractivity contribution >= 4 is 45.2 Å². The molecule has 1 aliphatic carbocycles. The maximum atomic E-state index is 13.9. The molecule has 0 unspecified atom stereocenters. The molecule has 4 aromatic carbocycles. The van der Waals surface area contributed by atoms with Crippen LogP contribution in [0.5, 0.6) is 17.2 Å². The average molecular weight is 1020 g/mol. The molecule has 70 heavy (non-hydrogen) atoms. The number of hydrogen-bond donors (Lipinski definition) is 0. The van der Waals surface area contributed by atoms with Gasteiger partial charge >= 0.3 is 18.6 Å². The van der Waals surface area contributed by atoms with Crippen LogP contribution in [0.1, 0.15) is 84.8 Å². The number of rotatable bonds is 20. The molecule has 2 bridgehead atoms. The van der Waals surface area contributed by atoms with Gasteiger partial charge in [-0.25, -0.2) is 8.42 Å². The molecule has 5 aliphatic rings.